The number of benzene rings is 1. The SMILES string of the molecule is CCN(CC)c1nc(-c2ccccc2)c(CCNC)s1. The van der Waals surface area contributed by atoms with Crippen LogP contribution in [-0.4, -0.2) is 31.7 Å². The first-order chi connectivity index (χ1) is 9.80. The van der Waals surface area contributed by atoms with Crippen LogP contribution in [0.1, 0.15) is 18.7 Å². The maximum Gasteiger partial charge on any atom is 0.186 e. The van der Waals surface area contributed by atoms with Gasteiger partial charge in [-0.2, -0.15) is 0 Å². The summed E-state index contributed by atoms with van der Waals surface area (Å²) in [5, 5.41) is 4.37. The van der Waals surface area contributed by atoms with E-state index in [-0.39, 0.29) is 0 Å². The third kappa shape index (κ3) is 3.38. The van der Waals surface area contributed by atoms with Crippen LogP contribution in [-0.2, 0) is 6.42 Å². The fourth-order valence-corrected chi connectivity index (χ4v) is 3.41. The Morgan fingerprint density at radius 3 is 2.45 bits per heavy atom. The third-order valence-electron chi connectivity index (χ3n) is 3.37. The molecule has 1 aromatic carbocycles. The highest BCUT2D eigenvalue weighted by Gasteiger charge is 2.15. The molecule has 20 heavy (non-hydrogen) atoms. The first kappa shape index (κ1) is 15.0. The Morgan fingerprint density at radius 1 is 1.15 bits per heavy atom. The Kier molecular flexibility index (Phi) is 5.56. The average molecular weight is 289 g/mol. The Hall–Kier alpha value is -1.39. The molecule has 0 amide bonds. The highest BCUT2D eigenvalue weighted by molar-refractivity contribution is 7.16. The molecule has 2 rings (SSSR count). The maximum absolute atomic E-state index is 4.89. The Bertz CT molecular complexity index is 518. The molecule has 1 heterocycles. The Labute approximate surface area is 125 Å². The Morgan fingerprint density at radius 2 is 1.85 bits per heavy atom. The minimum Gasteiger partial charge on any atom is -0.349 e. The fraction of sp³-hybridized carbons (Fsp3) is 0.438. The first-order valence-corrected chi connectivity index (χ1v) is 8.06. The van der Waals surface area contributed by atoms with Crippen LogP contribution in [0.15, 0.2) is 30.3 Å². The molecule has 0 aliphatic heterocycles. The molecular weight excluding hydrogens is 266 g/mol. The maximum atomic E-state index is 4.89. The fourth-order valence-electron chi connectivity index (χ4n) is 2.20. The van der Waals surface area contributed by atoms with Crippen molar-refractivity contribution in [2.75, 3.05) is 31.6 Å². The van der Waals surface area contributed by atoms with Gasteiger partial charge in [0.15, 0.2) is 5.13 Å². The molecule has 4 heteroatoms. The number of hydrogen-bond acceptors (Lipinski definition) is 4. The zero-order valence-electron chi connectivity index (χ0n) is 12.5. The lowest BCUT2D eigenvalue weighted by molar-refractivity contribution is 0.799. The summed E-state index contributed by atoms with van der Waals surface area (Å²) in [5.74, 6) is 0. The topological polar surface area (TPSA) is 28.2 Å². The van der Waals surface area contributed by atoms with Gasteiger partial charge in [-0.3, -0.25) is 0 Å². The van der Waals surface area contributed by atoms with Crippen molar-refractivity contribution in [2.45, 2.75) is 20.3 Å². The lowest BCUT2D eigenvalue weighted by atomic mass is 10.1. The molecule has 0 fully saturated rings. The van der Waals surface area contributed by atoms with Crippen molar-refractivity contribution in [3.63, 3.8) is 0 Å². The van der Waals surface area contributed by atoms with E-state index in [9.17, 15) is 0 Å². The summed E-state index contributed by atoms with van der Waals surface area (Å²) in [6, 6.07) is 10.5. The number of thiazole rings is 1. The second-order valence-electron chi connectivity index (χ2n) is 4.66. The van der Waals surface area contributed by atoms with E-state index in [0.29, 0.717) is 0 Å². The van der Waals surface area contributed by atoms with E-state index in [2.05, 4.69) is 54.4 Å². The number of nitrogens with one attached hydrogen (secondary N) is 1. The highest BCUT2D eigenvalue weighted by atomic mass is 32.1. The lowest BCUT2D eigenvalue weighted by Gasteiger charge is -2.16. The van der Waals surface area contributed by atoms with E-state index in [1.807, 2.05) is 18.4 Å². The first-order valence-electron chi connectivity index (χ1n) is 7.24. The summed E-state index contributed by atoms with van der Waals surface area (Å²) in [4.78, 5) is 8.58. The minimum absolute atomic E-state index is 0.986. The summed E-state index contributed by atoms with van der Waals surface area (Å²) >= 11 is 1.83. The molecular formula is C16H23N3S. The van der Waals surface area contributed by atoms with Crippen molar-refractivity contribution in [3.8, 4) is 11.3 Å². The van der Waals surface area contributed by atoms with Crippen LogP contribution in [0.3, 0.4) is 0 Å². The summed E-state index contributed by atoms with van der Waals surface area (Å²) in [6.07, 6.45) is 1.03. The minimum atomic E-state index is 0.986. The molecule has 0 saturated carbocycles. The Balaban J connectivity index is 2.37. The molecule has 0 bridgehead atoms. The van der Waals surface area contributed by atoms with Gasteiger partial charge >= 0.3 is 0 Å². The molecule has 0 atom stereocenters. The van der Waals surface area contributed by atoms with Crippen LogP contribution in [0.4, 0.5) is 5.13 Å². The van der Waals surface area contributed by atoms with Gasteiger partial charge in [0.05, 0.1) is 5.69 Å². The van der Waals surface area contributed by atoms with Crippen molar-refractivity contribution < 1.29 is 0 Å². The predicted octanol–water partition coefficient (Wildman–Crippen LogP) is 3.42. The summed E-state index contributed by atoms with van der Waals surface area (Å²) in [6.45, 7) is 7.36. The zero-order valence-corrected chi connectivity index (χ0v) is 13.3. The van der Waals surface area contributed by atoms with E-state index in [1.165, 1.54) is 10.4 Å². The molecule has 2 aromatic rings. The molecule has 0 radical (unpaired) electrons. The molecule has 0 unspecified atom stereocenters. The molecule has 108 valence electrons. The monoisotopic (exact) mass is 289 g/mol. The molecule has 0 aliphatic rings. The van der Waals surface area contributed by atoms with Gasteiger partial charge in [0.25, 0.3) is 0 Å². The van der Waals surface area contributed by atoms with Crippen LogP contribution >= 0.6 is 11.3 Å². The van der Waals surface area contributed by atoms with Gasteiger partial charge in [0.1, 0.15) is 0 Å². The second-order valence-corrected chi connectivity index (χ2v) is 5.72. The number of aromatic nitrogens is 1. The molecule has 3 nitrogen and oxygen atoms in total. The van der Waals surface area contributed by atoms with E-state index in [4.69, 9.17) is 4.98 Å². The number of rotatable bonds is 7. The van der Waals surface area contributed by atoms with Crippen molar-refractivity contribution in [1.82, 2.24) is 10.3 Å². The van der Waals surface area contributed by atoms with Crippen LogP contribution in [0.2, 0.25) is 0 Å². The van der Waals surface area contributed by atoms with E-state index in [1.54, 1.807) is 0 Å². The van der Waals surface area contributed by atoms with Gasteiger partial charge in [-0.25, -0.2) is 4.98 Å². The lowest BCUT2D eigenvalue weighted by Crippen LogP contribution is -2.21. The number of nitrogens with zero attached hydrogens (tertiary/aromatic N) is 2. The largest absolute Gasteiger partial charge is 0.349 e. The van der Waals surface area contributed by atoms with Crippen LogP contribution in [0.5, 0.6) is 0 Å². The van der Waals surface area contributed by atoms with Gasteiger partial charge in [-0.05, 0) is 33.9 Å². The van der Waals surface area contributed by atoms with Crippen LogP contribution < -0.4 is 10.2 Å². The van der Waals surface area contributed by atoms with E-state index >= 15 is 0 Å². The van der Waals surface area contributed by atoms with Gasteiger partial charge in [0, 0.05) is 23.5 Å². The van der Waals surface area contributed by atoms with Crippen molar-refractivity contribution in [3.05, 3.63) is 35.2 Å². The number of hydrogen-bond donors (Lipinski definition) is 1. The van der Waals surface area contributed by atoms with Gasteiger partial charge in [-0.15, -0.1) is 11.3 Å². The summed E-state index contributed by atoms with van der Waals surface area (Å²) in [5.41, 5.74) is 2.36. The number of anilines is 1. The molecule has 0 aliphatic carbocycles. The second kappa shape index (κ2) is 7.41. The average Bonchev–Trinajstić information content (AvgIpc) is 2.91. The highest BCUT2D eigenvalue weighted by Crippen LogP contribution is 2.33. The molecule has 0 saturated heterocycles. The van der Waals surface area contributed by atoms with Crippen molar-refractivity contribution in [1.29, 1.82) is 0 Å². The quantitative estimate of drug-likeness (QED) is 0.846. The van der Waals surface area contributed by atoms with Gasteiger partial charge < -0.3 is 10.2 Å². The van der Waals surface area contributed by atoms with Crippen LogP contribution in [0.25, 0.3) is 11.3 Å². The smallest absolute Gasteiger partial charge is 0.186 e. The van der Waals surface area contributed by atoms with E-state index in [0.717, 1.165) is 36.9 Å². The molecule has 1 aromatic heterocycles. The van der Waals surface area contributed by atoms with Crippen molar-refractivity contribution >= 4 is 16.5 Å². The normalized spacial score (nSPS) is 10.8. The van der Waals surface area contributed by atoms with E-state index < -0.39 is 0 Å². The molecule has 0 spiro atoms. The zero-order chi connectivity index (χ0) is 14.4. The predicted molar refractivity (Wildman–Crippen MR) is 88.7 cm³/mol. The molecule has 1 N–H and O–H groups in total. The standard InChI is InChI=1S/C16H23N3S/c1-4-19(5-2)16-18-15(13-9-7-6-8-10-13)14(20-16)11-12-17-3/h6-10,17H,4-5,11-12H2,1-3H3. The van der Waals surface area contributed by atoms with Crippen molar-refractivity contribution in [2.24, 2.45) is 0 Å². The number of likely N-dealkylation sites (N-methyl/N-ethyl adjacent to an activating group) is 1. The van der Waals surface area contributed by atoms with Crippen LogP contribution in [0, 0.1) is 0 Å². The van der Waals surface area contributed by atoms with Gasteiger partial charge in [0.2, 0.25) is 0 Å². The summed E-state index contributed by atoms with van der Waals surface area (Å²) < 4.78 is 0. The summed E-state index contributed by atoms with van der Waals surface area (Å²) in [7, 11) is 1.99. The third-order valence-corrected chi connectivity index (χ3v) is 4.55. The van der Waals surface area contributed by atoms with Gasteiger partial charge in [-0.1, -0.05) is 30.3 Å².